The molecule has 3 aromatic rings. The molecule has 0 radical (unpaired) electrons. The van der Waals surface area contributed by atoms with Crippen LogP contribution in [-0.4, -0.2) is 24.9 Å². The molecule has 0 aliphatic carbocycles. The van der Waals surface area contributed by atoms with Crippen LogP contribution in [0.3, 0.4) is 0 Å². The van der Waals surface area contributed by atoms with Crippen LogP contribution >= 0.6 is 0 Å². The van der Waals surface area contributed by atoms with E-state index in [4.69, 9.17) is 0 Å². The van der Waals surface area contributed by atoms with Crippen molar-refractivity contribution in [2.75, 3.05) is 0 Å². The van der Waals surface area contributed by atoms with Gasteiger partial charge < -0.3 is 10.1 Å². The normalized spacial score (nSPS) is 10.9. The lowest BCUT2D eigenvalue weighted by molar-refractivity contribution is 0.480. The van der Waals surface area contributed by atoms with Crippen LogP contribution in [-0.2, 0) is 7.05 Å². The first-order chi connectivity index (χ1) is 8.65. The Balaban J connectivity index is 2.33. The molecule has 0 aliphatic rings. The van der Waals surface area contributed by atoms with Gasteiger partial charge in [-0.2, -0.15) is 5.10 Å². The van der Waals surface area contributed by atoms with Crippen LogP contribution in [0.2, 0.25) is 0 Å². The van der Waals surface area contributed by atoms with Crippen molar-refractivity contribution in [2.24, 2.45) is 7.05 Å². The Morgan fingerprint density at radius 3 is 2.89 bits per heavy atom. The number of H-pyrrole nitrogens is 1. The SMILES string of the molecule is Cn1cc(-c2cc(O)c3nc[nH]c(=O)c3c2)cn1. The van der Waals surface area contributed by atoms with E-state index in [0.29, 0.717) is 10.9 Å². The molecule has 2 aromatic heterocycles. The summed E-state index contributed by atoms with van der Waals surface area (Å²) in [6.07, 6.45) is 4.75. The topological polar surface area (TPSA) is 83.8 Å². The number of fused-ring (bicyclic) bond motifs is 1. The minimum absolute atomic E-state index is 0.0162. The summed E-state index contributed by atoms with van der Waals surface area (Å²) in [6, 6.07) is 3.27. The molecule has 6 heteroatoms. The standard InChI is InChI=1S/C12H10N4O2/c1-16-5-8(4-15-16)7-2-9-11(10(17)3-7)13-6-14-12(9)18/h2-6,17H,1H3,(H,13,14,18). The second-order valence-electron chi connectivity index (χ2n) is 4.03. The van der Waals surface area contributed by atoms with Crippen LogP contribution in [0, 0.1) is 0 Å². The highest BCUT2D eigenvalue weighted by Crippen LogP contribution is 2.28. The molecule has 0 atom stereocenters. The fraction of sp³-hybridized carbons (Fsp3) is 0.0833. The predicted octanol–water partition coefficient (Wildman–Crippen LogP) is 1.03. The molecule has 0 amide bonds. The number of nitrogens with zero attached hydrogens (tertiary/aromatic N) is 3. The Bertz CT molecular complexity index is 788. The summed E-state index contributed by atoms with van der Waals surface area (Å²) in [7, 11) is 1.80. The summed E-state index contributed by atoms with van der Waals surface area (Å²) in [5.41, 5.74) is 1.58. The van der Waals surface area contributed by atoms with Gasteiger partial charge in [0.15, 0.2) is 0 Å². The number of phenols is 1. The average molecular weight is 242 g/mol. The van der Waals surface area contributed by atoms with Crippen molar-refractivity contribution in [3.63, 3.8) is 0 Å². The van der Waals surface area contributed by atoms with Gasteiger partial charge in [0.25, 0.3) is 5.56 Å². The number of aromatic hydroxyl groups is 1. The second kappa shape index (κ2) is 3.69. The molecular weight excluding hydrogens is 232 g/mol. The molecular formula is C12H10N4O2. The molecule has 18 heavy (non-hydrogen) atoms. The molecule has 0 unspecified atom stereocenters. The van der Waals surface area contributed by atoms with Crippen molar-refractivity contribution in [1.29, 1.82) is 0 Å². The number of rotatable bonds is 1. The van der Waals surface area contributed by atoms with Gasteiger partial charge in [-0.1, -0.05) is 0 Å². The number of phenolic OH excluding ortho intramolecular Hbond substituents is 1. The first-order valence-electron chi connectivity index (χ1n) is 5.34. The van der Waals surface area contributed by atoms with Crippen LogP contribution in [0.4, 0.5) is 0 Å². The van der Waals surface area contributed by atoms with Gasteiger partial charge in [-0.05, 0) is 17.7 Å². The van der Waals surface area contributed by atoms with E-state index < -0.39 is 0 Å². The molecule has 0 saturated heterocycles. The number of hydrogen-bond acceptors (Lipinski definition) is 4. The largest absolute Gasteiger partial charge is 0.506 e. The van der Waals surface area contributed by atoms with Gasteiger partial charge in [0.1, 0.15) is 11.3 Å². The molecule has 2 N–H and O–H groups in total. The van der Waals surface area contributed by atoms with E-state index in [1.54, 1.807) is 30.1 Å². The maximum atomic E-state index is 11.7. The van der Waals surface area contributed by atoms with Crippen LogP contribution in [0.1, 0.15) is 0 Å². The molecule has 0 aliphatic heterocycles. The van der Waals surface area contributed by atoms with Gasteiger partial charge in [0.2, 0.25) is 0 Å². The number of nitrogens with one attached hydrogen (secondary N) is 1. The lowest BCUT2D eigenvalue weighted by Crippen LogP contribution is -2.06. The lowest BCUT2D eigenvalue weighted by Gasteiger charge is -2.02. The summed E-state index contributed by atoms with van der Waals surface area (Å²) < 4.78 is 1.66. The van der Waals surface area contributed by atoms with Crippen LogP contribution in [0.5, 0.6) is 5.75 Å². The summed E-state index contributed by atoms with van der Waals surface area (Å²) in [5, 5.41) is 14.3. The summed E-state index contributed by atoms with van der Waals surface area (Å²) in [6.45, 7) is 0. The first-order valence-corrected chi connectivity index (χ1v) is 5.34. The number of aryl methyl sites for hydroxylation is 1. The van der Waals surface area contributed by atoms with E-state index in [-0.39, 0.29) is 11.3 Å². The molecule has 0 spiro atoms. The van der Waals surface area contributed by atoms with Gasteiger partial charge in [0, 0.05) is 18.8 Å². The van der Waals surface area contributed by atoms with Crippen molar-refractivity contribution in [3.8, 4) is 16.9 Å². The third-order valence-electron chi connectivity index (χ3n) is 2.76. The van der Waals surface area contributed by atoms with Crippen LogP contribution < -0.4 is 5.56 Å². The minimum atomic E-state index is -0.277. The number of benzene rings is 1. The van der Waals surface area contributed by atoms with E-state index in [1.807, 2.05) is 6.20 Å². The maximum Gasteiger partial charge on any atom is 0.258 e. The third kappa shape index (κ3) is 1.55. The van der Waals surface area contributed by atoms with E-state index in [2.05, 4.69) is 15.1 Å². The van der Waals surface area contributed by atoms with Crippen molar-refractivity contribution >= 4 is 10.9 Å². The first kappa shape index (κ1) is 10.5. The Kier molecular flexibility index (Phi) is 2.16. The van der Waals surface area contributed by atoms with E-state index in [9.17, 15) is 9.90 Å². The summed E-state index contributed by atoms with van der Waals surface area (Å²) in [4.78, 5) is 18.1. The fourth-order valence-electron chi connectivity index (χ4n) is 1.90. The van der Waals surface area contributed by atoms with Crippen molar-refractivity contribution in [2.45, 2.75) is 0 Å². The summed E-state index contributed by atoms with van der Waals surface area (Å²) >= 11 is 0. The van der Waals surface area contributed by atoms with Gasteiger partial charge >= 0.3 is 0 Å². The van der Waals surface area contributed by atoms with Crippen molar-refractivity contribution < 1.29 is 5.11 Å². The number of aromatic nitrogens is 4. The molecule has 3 rings (SSSR count). The summed E-state index contributed by atoms with van der Waals surface area (Å²) in [5.74, 6) is -0.0162. The van der Waals surface area contributed by atoms with Crippen molar-refractivity contribution in [1.82, 2.24) is 19.7 Å². The smallest absolute Gasteiger partial charge is 0.258 e. The zero-order valence-electron chi connectivity index (χ0n) is 9.58. The molecule has 2 heterocycles. The predicted molar refractivity (Wildman–Crippen MR) is 66.2 cm³/mol. The highest BCUT2D eigenvalue weighted by atomic mass is 16.3. The lowest BCUT2D eigenvalue weighted by atomic mass is 10.1. The minimum Gasteiger partial charge on any atom is -0.506 e. The highest BCUT2D eigenvalue weighted by molar-refractivity contribution is 5.88. The maximum absolute atomic E-state index is 11.7. The van der Waals surface area contributed by atoms with Gasteiger partial charge in [-0.15, -0.1) is 0 Å². The van der Waals surface area contributed by atoms with E-state index >= 15 is 0 Å². The number of hydrogen-bond donors (Lipinski definition) is 2. The zero-order chi connectivity index (χ0) is 12.7. The van der Waals surface area contributed by atoms with Crippen molar-refractivity contribution in [3.05, 3.63) is 41.2 Å². The van der Waals surface area contributed by atoms with E-state index in [1.165, 1.54) is 6.33 Å². The van der Waals surface area contributed by atoms with Gasteiger partial charge in [0.05, 0.1) is 17.9 Å². The quantitative estimate of drug-likeness (QED) is 0.667. The molecule has 6 nitrogen and oxygen atoms in total. The van der Waals surface area contributed by atoms with Gasteiger partial charge in [-0.25, -0.2) is 4.98 Å². The Morgan fingerprint density at radius 2 is 2.17 bits per heavy atom. The molecule has 1 aromatic carbocycles. The Hall–Kier alpha value is -2.63. The van der Waals surface area contributed by atoms with E-state index in [0.717, 1.165) is 11.1 Å². The Labute approximate surface area is 102 Å². The number of aromatic amines is 1. The second-order valence-corrected chi connectivity index (χ2v) is 4.03. The zero-order valence-corrected chi connectivity index (χ0v) is 9.58. The Morgan fingerprint density at radius 1 is 1.33 bits per heavy atom. The molecule has 90 valence electrons. The van der Waals surface area contributed by atoms with Crippen LogP contribution in [0.15, 0.2) is 35.6 Å². The molecule has 0 bridgehead atoms. The fourth-order valence-corrected chi connectivity index (χ4v) is 1.90. The third-order valence-corrected chi connectivity index (χ3v) is 2.76. The van der Waals surface area contributed by atoms with Gasteiger partial charge in [-0.3, -0.25) is 9.48 Å². The highest BCUT2D eigenvalue weighted by Gasteiger charge is 2.09. The molecule has 0 fully saturated rings. The molecule has 0 saturated carbocycles. The van der Waals surface area contributed by atoms with Crippen LogP contribution in [0.25, 0.3) is 22.0 Å². The average Bonchev–Trinajstić information content (AvgIpc) is 2.77. The monoisotopic (exact) mass is 242 g/mol.